The molecule has 1 aliphatic rings. The Kier molecular flexibility index (Phi) is 4.10. The molecule has 0 aliphatic heterocycles. The molecule has 0 saturated heterocycles. The molecule has 0 radical (unpaired) electrons. The van der Waals surface area contributed by atoms with Crippen LogP contribution in [0.5, 0.6) is 0 Å². The smallest absolute Gasteiger partial charge is 0.258 e. The van der Waals surface area contributed by atoms with Crippen LogP contribution in [0.4, 0.5) is 0 Å². The van der Waals surface area contributed by atoms with Gasteiger partial charge in [-0.15, -0.1) is 0 Å². The van der Waals surface area contributed by atoms with Gasteiger partial charge in [0.25, 0.3) is 5.56 Å². The normalized spacial score (nSPS) is 16.4. The third-order valence-electron chi connectivity index (χ3n) is 4.90. The van der Waals surface area contributed by atoms with E-state index in [1.54, 1.807) is 12.3 Å². The summed E-state index contributed by atoms with van der Waals surface area (Å²) in [6.07, 6.45) is 4.76. The molecule has 4 nitrogen and oxygen atoms in total. The van der Waals surface area contributed by atoms with E-state index in [1.165, 1.54) is 15.7 Å². The lowest BCUT2D eigenvalue weighted by Gasteiger charge is -2.26. The van der Waals surface area contributed by atoms with Crippen molar-refractivity contribution in [3.05, 3.63) is 82.3 Å². The Morgan fingerprint density at radius 2 is 1.88 bits per heavy atom. The van der Waals surface area contributed by atoms with Crippen LogP contribution in [0, 0.1) is 0 Å². The number of pyridine rings is 1. The first-order valence-electron chi connectivity index (χ1n) is 8.68. The number of amides is 1. The Labute approximate surface area is 146 Å². The minimum absolute atomic E-state index is 0.0357. The van der Waals surface area contributed by atoms with Crippen LogP contribution in [0.25, 0.3) is 10.8 Å². The van der Waals surface area contributed by atoms with Gasteiger partial charge in [-0.1, -0.05) is 42.5 Å². The van der Waals surface area contributed by atoms with Crippen LogP contribution >= 0.6 is 0 Å². The summed E-state index contributed by atoms with van der Waals surface area (Å²) >= 11 is 0. The van der Waals surface area contributed by atoms with Crippen molar-refractivity contribution >= 4 is 16.7 Å². The number of aromatic nitrogens is 1. The van der Waals surface area contributed by atoms with Gasteiger partial charge in [0.15, 0.2) is 0 Å². The maximum atomic E-state index is 12.5. The molecule has 0 saturated carbocycles. The summed E-state index contributed by atoms with van der Waals surface area (Å²) < 4.78 is 1.48. The SMILES string of the molecule is O=C(Cn1ccc2ccccc2c1=O)N[C@@H]1CCCc2ccccc21. The third kappa shape index (κ3) is 3.07. The predicted molar refractivity (Wildman–Crippen MR) is 98.5 cm³/mol. The molecule has 4 rings (SSSR count). The Bertz CT molecular complexity index is 990. The number of aryl methyl sites for hydroxylation is 1. The summed E-state index contributed by atoms with van der Waals surface area (Å²) in [6, 6.07) is 17.6. The number of hydrogen-bond acceptors (Lipinski definition) is 2. The summed E-state index contributed by atoms with van der Waals surface area (Å²) in [4.78, 5) is 25.0. The molecule has 1 aliphatic carbocycles. The van der Waals surface area contributed by atoms with Crippen molar-refractivity contribution in [1.82, 2.24) is 9.88 Å². The lowest BCUT2D eigenvalue weighted by atomic mass is 9.88. The van der Waals surface area contributed by atoms with Crippen LogP contribution in [-0.4, -0.2) is 10.5 Å². The van der Waals surface area contributed by atoms with Crippen LogP contribution in [0.2, 0.25) is 0 Å². The standard InChI is InChI=1S/C21H20N2O2/c24-20(22-19-11-5-8-15-6-1-3-9-17(15)19)14-23-13-12-16-7-2-4-10-18(16)21(23)25/h1-4,6-7,9-10,12-13,19H,5,8,11,14H2,(H,22,24)/t19-/m1/s1. The topological polar surface area (TPSA) is 51.1 Å². The lowest BCUT2D eigenvalue weighted by Crippen LogP contribution is -2.35. The van der Waals surface area contributed by atoms with Crippen LogP contribution in [0.15, 0.2) is 65.6 Å². The second-order valence-corrected chi connectivity index (χ2v) is 6.55. The molecule has 3 aromatic rings. The largest absolute Gasteiger partial charge is 0.348 e. The zero-order chi connectivity index (χ0) is 17.2. The van der Waals surface area contributed by atoms with Crippen LogP contribution in [0.3, 0.4) is 0 Å². The van der Waals surface area contributed by atoms with Crippen LogP contribution < -0.4 is 10.9 Å². The van der Waals surface area contributed by atoms with Crippen molar-refractivity contribution in [3.8, 4) is 0 Å². The monoisotopic (exact) mass is 332 g/mol. The van der Waals surface area contributed by atoms with Gasteiger partial charge in [0.05, 0.1) is 6.04 Å². The van der Waals surface area contributed by atoms with E-state index < -0.39 is 0 Å². The second-order valence-electron chi connectivity index (χ2n) is 6.55. The van der Waals surface area contributed by atoms with E-state index >= 15 is 0 Å². The van der Waals surface area contributed by atoms with Gasteiger partial charge in [-0.05, 0) is 47.9 Å². The van der Waals surface area contributed by atoms with Gasteiger partial charge in [-0.3, -0.25) is 9.59 Å². The fraction of sp³-hybridized carbons (Fsp3) is 0.238. The van der Waals surface area contributed by atoms with E-state index in [0.717, 1.165) is 24.6 Å². The van der Waals surface area contributed by atoms with Crippen molar-refractivity contribution in [1.29, 1.82) is 0 Å². The Hall–Kier alpha value is -2.88. The number of carbonyl (C=O) groups excluding carboxylic acids is 1. The molecule has 1 amide bonds. The second kappa shape index (κ2) is 6.55. The fourth-order valence-electron chi connectivity index (χ4n) is 3.65. The maximum absolute atomic E-state index is 12.5. The molecule has 0 unspecified atom stereocenters. The van der Waals surface area contributed by atoms with E-state index in [2.05, 4.69) is 17.4 Å². The third-order valence-corrected chi connectivity index (χ3v) is 4.90. The van der Waals surface area contributed by atoms with E-state index in [9.17, 15) is 9.59 Å². The van der Waals surface area contributed by atoms with Crippen molar-refractivity contribution < 1.29 is 4.79 Å². The predicted octanol–water partition coefficient (Wildman–Crippen LogP) is 3.20. The summed E-state index contributed by atoms with van der Waals surface area (Å²) in [6.45, 7) is 0.0440. The first kappa shape index (κ1) is 15.6. The van der Waals surface area contributed by atoms with Gasteiger partial charge in [0, 0.05) is 11.6 Å². The Balaban J connectivity index is 1.54. The lowest BCUT2D eigenvalue weighted by molar-refractivity contribution is -0.122. The molecular weight excluding hydrogens is 312 g/mol. The number of benzene rings is 2. The molecule has 25 heavy (non-hydrogen) atoms. The molecule has 4 heteroatoms. The van der Waals surface area contributed by atoms with Gasteiger partial charge < -0.3 is 9.88 Å². The number of hydrogen-bond donors (Lipinski definition) is 1. The average molecular weight is 332 g/mol. The summed E-state index contributed by atoms with van der Waals surface area (Å²) in [5, 5.41) is 4.63. The summed E-state index contributed by atoms with van der Waals surface area (Å²) in [7, 11) is 0. The highest BCUT2D eigenvalue weighted by atomic mass is 16.2. The highest BCUT2D eigenvalue weighted by molar-refractivity contribution is 5.82. The molecule has 1 aromatic heterocycles. The zero-order valence-corrected chi connectivity index (χ0v) is 13.9. The average Bonchev–Trinajstić information content (AvgIpc) is 2.65. The van der Waals surface area contributed by atoms with Gasteiger partial charge in [-0.25, -0.2) is 0 Å². The first-order chi connectivity index (χ1) is 12.2. The minimum Gasteiger partial charge on any atom is -0.348 e. The molecule has 0 spiro atoms. The first-order valence-corrected chi connectivity index (χ1v) is 8.68. The van der Waals surface area contributed by atoms with Gasteiger partial charge in [0.1, 0.15) is 6.54 Å². The number of nitrogens with zero attached hydrogens (tertiary/aromatic N) is 1. The molecular formula is C21H20N2O2. The van der Waals surface area contributed by atoms with Gasteiger partial charge >= 0.3 is 0 Å². The number of fused-ring (bicyclic) bond motifs is 2. The number of rotatable bonds is 3. The maximum Gasteiger partial charge on any atom is 0.258 e. The molecule has 0 bridgehead atoms. The van der Waals surface area contributed by atoms with Gasteiger partial charge in [0.2, 0.25) is 5.91 Å². The van der Waals surface area contributed by atoms with Crippen molar-refractivity contribution in [3.63, 3.8) is 0 Å². The highest BCUT2D eigenvalue weighted by Gasteiger charge is 2.21. The van der Waals surface area contributed by atoms with E-state index in [4.69, 9.17) is 0 Å². The number of carbonyl (C=O) groups is 1. The van der Waals surface area contributed by atoms with Crippen molar-refractivity contribution in [2.45, 2.75) is 31.8 Å². The van der Waals surface area contributed by atoms with Crippen molar-refractivity contribution in [2.75, 3.05) is 0 Å². The zero-order valence-electron chi connectivity index (χ0n) is 13.9. The van der Waals surface area contributed by atoms with Crippen LogP contribution in [0.1, 0.15) is 30.0 Å². The Morgan fingerprint density at radius 3 is 2.80 bits per heavy atom. The molecule has 0 fully saturated rings. The Morgan fingerprint density at radius 1 is 1.08 bits per heavy atom. The fourth-order valence-corrected chi connectivity index (χ4v) is 3.65. The van der Waals surface area contributed by atoms with E-state index in [-0.39, 0.29) is 24.1 Å². The molecule has 126 valence electrons. The molecule has 1 N–H and O–H groups in total. The van der Waals surface area contributed by atoms with E-state index in [0.29, 0.717) is 5.39 Å². The molecule has 2 aromatic carbocycles. The van der Waals surface area contributed by atoms with Gasteiger partial charge in [-0.2, -0.15) is 0 Å². The van der Waals surface area contributed by atoms with Crippen molar-refractivity contribution in [2.24, 2.45) is 0 Å². The summed E-state index contributed by atoms with van der Waals surface area (Å²) in [5.41, 5.74) is 2.38. The molecule has 1 atom stereocenters. The quantitative estimate of drug-likeness (QED) is 0.801. The van der Waals surface area contributed by atoms with Crippen LogP contribution in [-0.2, 0) is 17.8 Å². The number of nitrogens with one attached hydrogen (secondary N) is 1. The molecule has 1 heterocycles. The minimum atomic E-state index is -0.128. The van der Waals surface area contributed by atoms with E-state index in [1.807, 2.05) is 36.4 Å². The summed E-state index contributed by atoms with van der Waals surface area (Å²) in [5.74, 6) is -0.126. The highest BCUT2D eigenvalue weighted by Crippen LogP contribution is 2.29.